The molecule has 0 saturated carbocycles. The van der Waals surface area contributed by atoms with Crippen LogP contribution in [0.25, 0.3) is 0 Å². The number of methoxy groups -OCH3 is 2. The Morgan fingerprint density at radius 2 is 0.787 bits per heavy atom. The van der Waals surface area contributed by atoms with Crippen molar-refractivity contribution >= 4 is 44.1 Å². The first kappa shape index (κ1) is 68.4. The molecule has 0 aromatic heterocycles. The Balaban J connectivity index is 1.45. The molecule has 43 heteroatoms. The van der Waals surface area contributed by atoms with Crippen molar-refractivity contribution in [1.29, 1.82) is 0 Å². The molecule has 0 aliphatic carbocycles. The van der Waals surface area contributed by atoms with Gasteiger partial charge in [-0.25, -0.2) is 33.6 Å². The SMILES string of the molecule is COC1C(C)[C@H](O[C@@H]2C(COS(=O)(=O)O)O[C@H](OC)C(OOO)[C@H]2OOO)O[C@@H](OC=O)[C@H]1O[C@H]1O[C@@H](COS(=O)(=O)O)[C@@H](O[C@@H]2OC(OC=O)[C@@H](O[C@H]3OC(COS(=O)(=O)O)[C@@H](C)[C@H](C)C3N)[C@H](C)C2C)C(OOO)C1OOO. The highest BCUT2D eigenvalue weighted by Gasteiger charge is 2.59. The van der Waals surface area contributed by atoms with Crippen molar-refractivity contribution in [3.8, 4) is 0 Å². The zero-order chi connectivity index (χ0) is 59.4. The molecule has 5 fully saturated rings. The van der Waals surface area contributed by atoms with E-state index in [-0.39, 0.29) is 12.9 Å². The van der Waals surface area contributed by atoms with E-state index in [0.29, 0.717) is 0 Å². The third-order valence-corrected chi connectivity index (χ3v) is 15.1. The summed E-state index contributed by atoms with van der Waals surface area (Å²) in [4.78, 5) is 43.8. The topological polar surface area (TPSA) is 526 Å². The maximum atomic E-state index is 12.1. The quantitative estimate of drug-likeness (QED) is 0.0150. The number of carbonyl (C=O) groups is 2. The van der Waals surface area contributed by atoms with Crippen molar-refractivity contribution in [2.24, 2.45) is 35.3 Å². The minimum Gasteiger partial charge on any atom is -0.435 e. The molecular weight excluding hydrogens is 1180 g/mol. The van der Waals surface area contributed by atoms with E-state index >= 15 is 0 Å². The molecule has 0 radical (unpaired) electrons. The average Bonchev–Trinajstić information content (AvgIpc) is 3.38. The van der Waals surface area contributed by atoms with Gasteiger partial charge in [0.15, 0.2) is 55.9 Å². The van der Waals surface area contributed by atoms with Gasteiger partial charge < -0.3 is 67.3 Å². The normalized spacial score (nSPS) is 41.2. The molecule has 5 aliphatic heterocycles. The van der Waals surface area contributed by atoms with E-state index < -0.39 is 204 Å². The summed E-state index contributed by atoms with van der Waals surface area (Å²) >= 11 is 0. The third-order valence-electron chi connectivity index (χ3n) is 13.8. The number of ether oxygens (including phenoxy) is 13. The zero-order valence-corrected chi connectivity index (χ0v) is 45.2. The van der Waals surface area contributed by atoms with Crippen molar-refractivity contribution in [1.82, 2.24) is 0 Å². The van der Waals surface area contributed by atoms with E-state index in [2.05, 4.69) is 32.7 Å². The molecule has 40 nitrogen and oxygen atoms in total. The third kappa shape index (κ3) is 17.8. The molecular formula is C37H63NO39S3. The molecule has 5 rings (SSSR count). The van der Waals surface area contributed by atoms with Crippen LogP contribution in [0.2, 0.25) is 0 Å². The van der Waals surface area contributed by atoms with Crippen LogP contribution in [-0.4, -0.2) is 230 Å². The second kappa shape index (κ2) is 30.6. The number of rotatable bonds is 31. The maximum Gasteiger partial charge on any atom is 0.397 e. The molecule has 0 spiro atoms. The molecule has 0 amide bonds. The van der Waals surface area contributed by atoms with Gasteiger partial charge in [0.1, 0.15) is 36.6 Å². The molecule has 5 aliphatic rings. The van der Waals surface area contributed by atoms with Gasteiger partial charge in [-0.15, -0.1) is 0 Å². The highest BCUT2D eigenvalue weighted by Crippen LogP contribution is 2.42. The van der Waals surface area contributed by atoms with Crippen LogP contribution >= 0.6 is 0 Å². The van der Waals surface area contributed by atoms with Crippen molar-refractivity contribution in [3.63, 3.8) is 0 Å². The molecule has 5 heterocycles. The molecule has 10 unspecified atom stereocenters. The Morgan fingerprint density at radius 1 is 0.400 bits per heavy atom. The van der Waals surface area contributed by atoms with Crippen molar-refractivity contribution < 1.29 is 183 Å². The fourth-order valence-corrected chi connectivity index (χ4v) is 10.3. The molecule has 25 atom stereocenters. The standard InChI is InChI=1S/C37H63NO39S3/c1-13-14(2)21(38)33(61-18(13)8-58-78(45,46)47)64-23-15(3)16(4)31(68-35(23)56-11-39)65-25-20(10-60-80(51,52)53)63-37(30(73-77-44)27(25)71-75-42)67-28-22(54-6)17(5)32(69-36(28)57-12-40)66-24-19(9-59-79(48,49)50)62-34(55-7)29(72-76-43)26(24)70-74-41/h11-37,41-44H,8-10,38H2,1-7H3,(H,45,46,47)(H,48,49,50)(H,51,52,53)/t13-,14-,15+,16?,17?,18?,19?,20-,21?,22?,23-,24+,25+,26-,27?,28-,29?,30?,31+,32+,33+,34-,35?,36+,37+/m0/s1. The Kier molecular flexibility index (Phi) is 26.2. The Bertz CT molecular complexity index is 2240. The summed E-state index contributed by atoms with van der Waals surface area (Å²) in [5.41, 5.74) is 6.47. The average molecular weight is 1240 g/mol. The predicted octanol–water partition coefficient (Wildman–Crippen LogP) is -2.80. The summed E-state index contributed by atoms with van der Waals surface area (Å²) < 4.78 is 188. The summed E-state index contributed by atoms with van der Waals surface area (Å²) in [6.07, 6.45) is -33.4. The Morgan fingerprint density at radius 3 is 1.23 bits per heavy atom. The van der Waals surface area contributed by atoms with E-state index in [9.17, 15) is 64.3 Å². The first-order chi connectivity index (χ1) is 37.7. The van der Waals surface area contributed by atoms with E-state index in [1.54, 1.807) is 20.8 Å². The van der Waals surface area contributed by atoms with E-state index in [1.165, 1.54) is 13.8 Å². The van der Waals surface area contributed by atoms with Gasteiger partial charge in [0.2, 0.25) is 12.6 Å². The molecule has 0 aromatic rings. The number of hydrogen-bond acceptors (Lipinski definition) is 37. The lowest BCUT2D eigenvalue weighted by molar-refractivity contribution is -0.573. The second-order valence-corrected chi connectivity index (χ2v) is 21.5. The fraction of sp³-hybridized carbons (Fsp3) is 0.946. The fourth-order valence-electron chi connectivity index (χ4n) is 9.38. The second-order valence-electron chi connectivity index (χ2n) is 18.2. The molecule has 9 N–H and O–H groups in total. The molecule has 0 aromatic carbocycles. The van der Waals surface area contributed by atoms with Gasteiger partial charge in [0, 0.05) is 26.1 Å². The Hall–Kier alpha value is -2.41. The van der Waals surface area contributed by atoms with Crippen LogP contribution in [0.5, 0.6) is 0 Å². The first-order valence-electron chi connectivity index (χ1n) is 23.3. The van der Waals surface area contributed by atoms with Gasteiger partial charge >= 0.3 is 31.2 Å². The predicted molar refractivity (Wildman–Crippen MR) is 236 cm³/mol. The summed E-state index contributed by atoms with van der Waals surface area (Å²) in [5.74, 6) is -3.87. The van der Waals surface area contributed by atoms with Crippen molar-refractivity contribution in [2.75, 3.05) is 34.0 Å². The molecule has 0 bridgehead atoms. The van der Waals surface area contributed by atoms with Crippen molar-refractivity contribution in [2.45, 2.75) is 158 Å². The molecule has 80 heavy (non-hydrogen) atoms. The van der Waals surface area contributed by atoms with Crippen molar-refractivity contribution in [3.05, 3.63) is 0 Å². The lowest BCUT2D eigenvalue weighted by atomic mass is 9.82. The van der Waals surface area contributed by atoms with E-state index in [0.717, 1.165) is 14.2 Å². The van der Waals surface area contributed by atoms with Gasteiger partial charge in [-0.2, -0.15) is 44.8 Å². The number of carbonyl (C=O) groups excluding carboxylic acids is 2. The van der Waals surface area contributed by atoms with Crippen LogP contribution in [0.15, 0.2) is 0 Å². The highest BCUT2D eigenvalue weighted by atomic mass is 32.3. The lowest BCUT2D eigenvalue weighted by Crippen LogP contribution is -2.67. The smallest absolute Gasteiger partial charge is 0.397 e. The zero-order valence-electron chi connectivity index (χ0n) is 42.7. The van der Waals surface area contributed by atoms with Gasteiger partial charge in [-0.05, 0) is 17.8 Å². The molecule has 468 valence electrons. The first-order valence-corrected chi connectivity index (χ1v) is 27.4. The van der Waals surface area contributed by atoms with Crippen LogP contribution in [0.1, 0.15) is 34.6 Å². The summed E-state index contributed by atoms with van der Waals surface area (Å²) in [6.45, 7) is 4.69. The highest BCUT2D eigenvalue weighted by molar-refractivity contribution is 7.81. The van der Waals surface area contributed by atoms with Crippen LogP contribution in [0.3, 0.4) is 0 Å². The maximum absolute atomic E-state index is 12.1. The number of hydrogen-bond donors (Lipinski definition) is 8. The van der Waals surface area contributed by atoms with Gasteiger partial charge in [0.05, 0.1) is 38.1 Å². The largest absolute Gasteiger partial charge is 0.435 e. The minimum atomic E-state index is -5.36. The van der Waals surface area contributed by atoms with E-state index in [1.807, 2.05) is 0 Å². The summed E-state index contributed by atoms with van der Waals surface area (Å²) in [6, 6.07) is -0.899. The van der Waals surface area contributed by atoms with Crippen LogP contribution in [0, 0.1) is 29.6 Å². The van der Waals surface area contributed by atoms with Gasteiger partial charge in [-0.1, -0.05) is 54.8 Å². The van der Waals surface area contributed by atoms with Gasteiger partial charge in [-0.3, -0.25) is 23.2 Å². The van der Waals surface area contributed by atoms with Gasteiger partial charge in [0.25, 0.3) is 12.9 Å². The lowest BCUT2D eigenvalue weighted by Gasteiger charge is -2.50. The number of nitrogens with two attached hydrogens (primary N) is 1. The minimum absolute atomic E-state index is 0.0193. The van der Waals surface area contributed by atoms with E-state index in [4.69, 9.17) is 92.1 Å². The van der Waals surface area contributed by atoms with Crippen LogP contribution < -0.4 is 5.73 Å². The van der Waals surface area contributed by atoms with Crippen LogP contribution in [0.4, 0.5) is 0 Å². The summed E-state index contributed by atoms with van der Waals surface area (Å²) in [7, 11) is -13.3. The van der Waals surface area contributed by atoms with Crippen LogP contribution in [-0.2, 0) is 155 Å². The Labute approximate surface area is 453 Å². The molecule has 5 saturated heterocycles. The monoisotopic (exact) mass is 1240 g/mol. The summed E-state index contributed by atoms with van der Waals surface area (Å²) in [5, 5.41) is 53.5.